The van der Waals surface area contributed by atoms with Crippen molar-refractivity contribution in [2.75, 3.05) is 6.54 Å². The number of aryl methyl sites for hydroxylation is 1. The molecule has 0 aromatic carbocycles. The van der Waals surface area contributed by atoms with Gasteiger partial charge in [0, 0.05) is 42.3 Å². The Bertz CT molecular complexity index is 926. The minimum absolute atomic E-state index is 0.0642. The molecule has 26 heavy (non-hydrogen) atoms. The lowest BCUT2D eigenvalue weighted by molar-refractivity contribution is 0.341. The number of pyridine rings is 1. The van der Waals surface area contributed by atoms with Crippen LogP contribution in [0.4, 0.5) is 0 Å². The zero-order chi connectivity index (χ0) is 18.3. The maximum Gasteiger partial charge on any atom is 0.249 e. The standard InChI is InChI=1S/C19H24N6O/c1-11(2)18-21-7-8-25(18)13(4)19-23-17(24-26-19)16-12(3)22-10-14-9-20-6-5-15(14)16/h7-8,10-11,13,20H,5-6,9H2,1-4H3. The van der Waals surface area contributed by atoms with Crippen LogP contribution in [0.5, 0.6) is 0 Å². The molecular formula is C19H24N6O. The average molecular weight is 352 g/mol. The molecule has 4 heterocycles. The molecule has 1 aliphatic rings. The van der Waals surface area contributed by atoms with Gasteiger partial charge in [-0.15, -0.1) is 0 Å². The SMILES string of the molecule is Cc1ncc2c(c1-c1noc(C(C)n3ccnc3C(C)C)n1)CCNC2. The molecular weight excluding hydrogens is 328 g/mol. The predicted octanol–water partition coefficient (Wildman–Crippen LogP) is 3.01. The molecule has 1 N–H and O–H groups in total. The van der Waals surface area contributed by atoms with E-state index in [9.17, 15) is 0 Å². The normalized spacial score (nSPS) is 15.3. The molecule has 1 unspecified atom stereocenters. The lowest BCUT2D eigenvalue weighted by Gasteiger charge is -2.19. The molecule has 3 aromatic rings. The van der Waals surface area contributed by atoms with Gasteiger partial charge in [0.05, 0.1) is 0 Å². The summed E-state index contributed by atoms with van der Waals surface area (Å²) < 4.78 is 7.73. The van der Waals surface area contributed by atoms with Crippen molar-refractivity contribution >= 4 is 0 Å². The topological polar surface area (TPSA) is 81.7 Å². The summed E-state index contributed by atoms with van der Waals surface area (Å²) >= 11 is 0. The summed E-state index contributed by atoms with van der Waals surface area (Å²) in [5.74, 6) is 2.56. The van der Waals surface area contributed by atoms with E-state index in [0.717, 1.165) is 36.6 Å². The Morgan fingerprint density at radius 2 is 2.08 bits per heavy atom. The number of aromatic nitrogens is 5. The van der Waals surface area contributed by atoms with Crippen molar-refractivity contribution < 1.29 is 4.52 Å². The van der Waals surface area contributed by atoms with Crippen LogP contribution in [0.25, 0.3) is 11.4 Å². The molecule has 0 amide bonds. The van der Waals surface area contributed by atoms with E-state index in [4.69, 9.17) is 9.51 Å². The molecule has 3 aromatic heterocycles. The number of fused-ring (bicyclic) bond motifs is 1. The number of nitrogens with zero attached hydrogens (tertiary/aromatic N) is 5. The summed E-state index contributed by atoms with van der Waals surface area (Å²) in [6.07, 6.45) is 6.68. The Kier molecular flexibility index (Phi) is 4.32. The van der Waals surface area contributed by atoms with E-state index < -0.39 is 0 Å². The van der Waals surface area contributed by atoms with Crippen LogP contribution in [0, 0.1) is 6.92 Å². The predicted molar refractivity (Wildman–Crippen MR) is 97.8 cm³/mol. The first-order valence-corrected chi connectivity index (χ1v) is 9.11. The van der Waals surface area contributed by atoms with E-state index in [2.05, 4.69) is 45.8 Å². The van der Waals surface area contributed by atoms with E-state index in [1.807, 2.05) is 25.5 Å². The third-order valence-electron chi connectivity index (χ3n) is 4.99. The maximum atomic E-state index is 5.63. The fraction of sp³-hybridized carbons (Fsp3) is 0.474. The van der Waals surface area contributed by atoms with E-state index in [0.29, 0.717) is 17.6 Å². The smallest absolute Gasteiger partial charge is 0.249 e. The first-order valence-electron chi connectivity index (χ1n) is 9.11. The minimum atomic E-state index is -0.0642. The van der Waals surface area contributed by atoms with Gasteiger partial charge in [-0.25, -0.2) is 4.98 Å². The second kappa shape index (κ2) is 6.64. The largest absolute Gasteiger partial charge is 0.337 e. The van der Waals surface area contributed by atoms with Crippen LogP contribution in [0.3, 0.4) is 0 Å². The number of rotatable bonds is 4. The van der Waals surface area contributed by atoms with Gasteiger partial charge in [-0.3, -0.25) is 4.98 Å². The van der Waals surface area contributed by atoms with Gasteiger partial charge in [-0.05, 0) is 37.9 Å². The quantitative estimate of drug-likeness (QED) is 0.777. The second-order valence-corrected chi connectivity index (χ2v) is 7.13. The molecule has 7 nitrogen and oxygen atoms in total. The number of imidazole rings is 1. The number of hydrogen-bond acceptors (Lipinski definition) is 6. The van der Waals surface area contributed by atoms with Crippen LogP contribution in [-0.2, 0) is 13.0 Å². The lowest BCUT2D eigenvalue weighted by atomic mass is 9.95. The fourth-order valence-electron chi connectivity index (χ4n) is 3.59. The molecule has 0 aliphatic carbocycles. The van der Waals surface area contributed by atoms with Crippen LogP contribution in [-0.4, -0.2) is 31.2 Å². The highest BCUT2D eigenvalue weighted by molar-refractivity contribution is 5.64. The fourth-order valence-corrected chi connectivity index (χ4v) is 3.59. The molecule has 0 saturated heterocycles. The molecule has 0 radical (unpaired) electrons. The minimum Gasteiger partial charge on any atom is -0.337 e. The zero-order valence-corrected chi connectivity index (χ0v) is 15.7. The van der Waals surface area contributed by atoms with Gasteiger partial charge in [0.25, 0.3) is 0 Å². The lowest BCUT2D eigenvalue weighted by Crippen LogP contribution is -2.24. The van der Waals surface area contributed by atoms with Crippen LogP contribution in [0.1, 0.15) is 61.3 Å². The molecule has 0 spiro atoms. The number of hydrogen-bond donors (Lipinski definition) is 1. The van der Waals surface area contributed by atoms with Crippen LogP contribution < -0.4 is 5.32 Å². The monoisotopic (exact) mass is 352 g/mol. The number of nitrogens with one attached hydrogen (secondary N) is 1. The maximum absolute atomic E-state index is 5.63. The van der Waals surface area contributed by atoms with Crippen LogP contribution in [0.15, 0.2) is 23.1 Å². The molecule has 0 bridgehead atoms. The van der Waals surface area contributed by atoms with E-state index in [-0.39, 0.29) is 6.04 Å². The van der Waals surface area contributed by atoms with Crippen molar-refractivity contribution in [3.8, 4) is 11.4 Å². The highest BCUT2D eigenvalue weighted by Crippen LogP contribution is 2.30. The van der Waals surface area contributed by atoms with Crippen LogP contribution >= 0.6 is 0 Å². The zero-order valence-electron chi connectivity index (χ0n) is 15.7. The average Bonchev–Trinajstić information content (AvgIpc) is 3.30. The highest BCUT2D eigenvalue weighted by Gasteiger charge is 2.24. The van der Waals surface area contributed by atoms with Crippen molar-refractivity contribution in [3.05, 3.63) is 47.1 Å². The molecule has 0 saturated carbocycles. The molecule has 4 rings (SSSR count). The third kappa shape index (κ3) is 2.82. The van der Waals surface area contributed by atoms with Crippen molar-refractivity contribution in [2.45, 2.75) is 52.6 Å². The van der Waals surface area contributed by atoms with E-state index in [1.165, 1.54) is 11.1 Å². The van der Waals surface area contributed by atoms with Crippen LogP contribution in [0.2, 0.25) is 0 Å². The van der Waals surface area contributed by atoms with Crippen molar-refractivity contribution in [1.29, 1.82) is 0 Å². The summed E-state index contributed by atoms with van der Waals surface area (Å²) in [4.78, 5) is 13.7. The third-order valence-corrected chi connectivity index (χ3v) is 4.99. The highest BCUT2D eigenvalue weighted by atomic mass is 16.5. The van der Waals surface area contributed by atoms with Gasteiger partial charge in [-0.2, -0.15) is 4.98 Å². The Balaban J connectivity index is 1.72. The van der Waals surface area contributed by atoms with Gasteiger partial charge >= 0.3 is 0 Å². The van der Waals surface area contributed by atoms with Crippen molar-refractivity contribution in [2.24, 2.45) is 0 Å². The van der Waals surface area contributed by atoms with E-state index >= 15 is 0 Å². The van der Waals surface area contributed by atoms with Gasteiger partial charge in [0.1, 0.15) is 11.9 Å². The first-order chi connectivity index (χ1) is 12.6. The first kappa shape index (κ1) is 16.9. The summed E-state index contributed by atoms with van der Waals surface area (Å²) in [5, 5.41) is 7.66. The Labute approximate surface area is 152 Å². The summed E-state index contributed by atoms with van der Waals surface area (Å²) in [5.41, 5.74) is 4.45. The molecule has 7 heteroatoms. The van der Waals surface area contributed by atoms with Gasteiger partial charge in [0.2, 0.25) is 11.7 Å². The Hall–Kier alpha value is -2.54. The molecule has 1 aliphatic heterocycles. The summed E-state index contributed by atoms with van der Waals surface area (Å²) in [6.45, 7) is 10.1. The van der Waals surface area contributed by atoms with E-state index in [1.54, 1.807) is 0 Å². The Morgan fingerprint density at radius 3 is 2.88 bits per heavy atom. The second-order valence-electron chi connectivity index (χ2n) is 7.13. The summed E-state index contributed by atoms with van der Waals surface area (Å²) in [7, 11) is 0. The van der Waals surface area contributed by atoms with Gasteiger partial charge in [-0.1, -0.05) is 19.0 Å². The molecule has 0 fully saturated rings. The van der Waals surface area contributed by atoms with Gasteiger partial charge < -0.3 is 14.4 Å². The Morgan fingerprint density at radius 1 is 1.23 bits per heavy atom. The molecule has 136 valence electrons. The molecule has 1 atom stereocenters. The van der Waals surface area contributed by atoms with Gasteiger partial charge in [0.15, 0.2) is 0 Å². The van der Waals surface area contributed by atoms with Crippen molar-refractivity contribution in [1.82, 2.24) is 30.0 Å². The van der Waals surface area contributed by atoms with Crippen molar-refractivity contribution in [3.63, 3.8) is 0 Å². The summed E-state index contributed by atoms with van der Waals surface area (Å²) in [6, 6.07) is -0.0642.